The van der Waals surface area contributed by atoms with Crippen LogP contribution >= 0.6 is 0 Å². The summed E-state index contributed by atoms with van der Waals surface area (Å²) in [5.74, 6) is -0.494. The van der Waals surface area contributed by atoms with Gasteiger partial charge in [0.25, 0.3) is 5.91 Å². The van der Waals surface area contributed by atoms with Gasteiger partial charge in [0, 0.05) is 25.3 Å². The molecular weight excluding hydrogens is 509 g/mol. The summed E-state index contributed by atoms with van der Waals surface area (Å²) in [5, 5.41) is 18.6. The highest BCUT2D eigenvalue weighted by Gasteiger charge is 2.36. The summed E-state index contributed by atoms with van der Waals surface area (Å²) in [6.07, 6.45) is -2.62. The minimum atomic E-state index is -4.62. The van der Waals surface area contributed by atoms with Crippen molar-refractivity contribution < 1.29 is 23.1 Å². The molecule has 1 aliphatic heterocycles. The second-order valence-electron chi connectivity index (χ2n) is 10.6. The van der Waals surface area contributed by atoms with Crippen molar-refractivity contribution in [2.75, 3.05) is 35.2 Å². The second kappa shape index (κ2) is 11.0. The van der Waals surface area contributed by atoms with Gasteiger partial charge in [-0.05, 0) is 55.0 Å². The molecular formula is C28H33F3N6O2. The molecule has 8 nitrogen and oxygen atoms in total. The number of amides is 1. The van der Waals surface area contributed by atoms with Crippen LogP contribution in [0.2, 0.25) is 0 Å². The fourth-order valence-electron chi connectivity index (χ4n) is 4.60. The van der Waals surface area contributed by atoms with Crippen LogP contribution in [0.15, 0.2) is 48.7 Å². The first-order valence-corrected chi connectivity index (χ1v) is 12.8. The van der Waals surface area contributed by atoms with Crippen LogP contribution in [0.5, 0.6) is 5.75 Å². The molecule has 1 atom stereocenters. The van der Waals surface area contributed by atoms with Crippen molar-refractivity contribution in [2.24, 2.45) is 11.3 Å². The van der Waals surface area contributed by atoms with Gasteiger partial charge >= 0.3 is 6.18 Å². The molecule has 3 aromatic rings. The van der Waals surface area contributed by atoms with E-state index in [1.54, 1.807) is 37.3 Å². The van der Waals surface area contributed by atoms with Crippen molar-refractivity contribution >= 4 is 34.7 Å². The number of hydrogen-bond acceptors (Lipinski definition) is 7. The van der Waals surface area contributed by atoms with Crippen LogP contribution in [-0.2, 0) is 6.18 Å². The molecule has 0 unspecified atom stereocenters. The first kappa shape index (κ1) is 28.0. The molecule has 2 aromatic carbocycles. The lowest BCUT2D eigenvalue weighted by Gasteiger charge is -2.28. The molecule has 208 valence electrons. The monoisotopic (exact) mass is 542 g/mol. The molecule has 1 aromatic heterocycles. The third-order valence-electron chi connectivity index (χ3n) is 6.86. The average Bonchev–Trinajstić information content (AvgIpc) is 3.37. The van der Waals surface area contributed by atoms with E-state index in [4.69, 9.17) is 0 Å². The van der Waals surface area contributed by atoms with Gasteiger partial charge in [-0.1, -0.05) is 32.9 Å². The molecule has 4 N–H and O–H groups in total. The van der Waals surface area contributed by atoms with Crippen LogP contribution < -0.4 is 20.9 Å². The molecule has 1 aliphatic rings. The van der Waals surface area contributed by atoms with Crippen molar-refractivity contribution in [2.45, 2.75) is 40.3 Å². The van der Waals surface area contributed by atoms with Crippen LogP contribution in [0.25, 0.3) is 0 Å². The van der Waals surface area contributed by atoms with Gasteiger partial charge in [0.15, 0.2) is 11.6 Å². The Hall–Kier alpha value is -4.02. The Morgan fingerprint density at radius 1 is 1.10 bits per heavy atom. The number of halogens is 3. The number of aromatic nitrogens is 2. The van der Waals surface area contributed by atoms with Crippen molar-refractivity contribution in [1.29, 1.82) is 0 Å². The fraction of sp³-hybridized carbons (Fsp3) is 0.393. The number of carbonyl (C=O) groups excluding carboxylic acids is 1. The summed E-state index contributed by atoms with van der Waals surface area (Å²) in [4.78, 5) is 22.5. The van der Waals surface area contributed by atoms with Gasteiger partial charge in [0.1, 0.15) is 0 Å². The predicted octanol–water partition coefficient (Wildman–Crippen LogP) is 6.31. The Morgan fingerprint density at radius 3 is 2.51 bits per heavy atom. The number of benzene rings is 2. The molecule has 0 spiro atoms. The summed E-state index contributed by atoms with van der Waals surface area (Å²) in [6.45, 7) is 10.0. The normalized spacial score (nSPS) is 15.8. The quantitative estimate of drug-likeness (QED) is 0.277. The molecule has 0 radical (unpaired) electrons. The summed E-state index contributed by atoms with van der Waals surface area (Å²) in [6, 6.07) is 10.8. The summed E-state index contributed by atoms with van der Waals surface area (Å²) < 4.78 is 42.3. The Morgan fingerprint density at radius 2 is 1.85 bits per heavy atom. The van der Waals surface area contributed by atoms with Gasteiger partial charge in [-0.25, -0.2) is 4.98 Å². The molecule has 11 heteroatoms. The third kappa shape index (κ3) is 6.52. The Balaban J connectivity index is 1.60. The Kier molecular flexibility index (Phi) is 7.89. The summed E-state index contributed by atoms with van der Waals surface area (Å²) in [5.41, 5.74) is 0.214. The standard InChI is InChI=1S/C28H33F3N6O2/c1-5-32-25(39)19-8-6-7-9-21(19)34-24-23(38)15-33-26(36-24)35-22-11-10-18(14-20(22)28(29,30)31)37-13-12-17(16-37)27(2,3)4/h6-11,14-15,17,38H,5,12-13,16H2,1-4H3,(H,32,39)(H2,33,34,35,36)/t17-/m0/s1. The van der Waals surface area contributed by atoms with E-state index in [2.05, 4.69) is 46.7 Å². The zero-order valence-corrected chi connectivity index (χ0v) is 22.4. The number of alkyl halides is 3. The molecule has 1 fully saturated rings. The molecule has 0 bridgehead atoms. The molecule has 39 heavy (non-hydrogen) atoms. The highest BCUT2D eigenvalue weighted by atomic mass is 19.4. The van der Waals surface area contributed by atoms with E-state index in [1.807, 2.05) is 4.90 Å². The van der Waals surface area contributed by atoms with Crippen LogP contribution in [-0.4, -0.2) is 40.6 Å². The maximum atomic E-state index is 14.1. The van der Waals surface area contributed by atoms with Crippen LogP contribution in [0.1, 0.15) is 50.0 Å². The maximum absolute atomic E-state index is 14.1. The van der Waals surface area contributed by atoms with E-state index >= 15 is 0 Å². The smallest absolute Gasteiger partial charge is 0.418 e. The van der Waals surface area contributed by atoms with Crippen molar-refractivity contribution in [1.82, 2.24) is 15.3 Å². The van der Waals surface area contributed by atoms with Crippen molar-refractivity contribution in [3.05, 3.63) is 59.8 Å². The van der Waals surface area contributed by atoms with E-state index in [0.29, 0.717) is 42.5 Å². The first-order chi connectivity index (χ1) is 18.4. The number of carbonyl (C=O) groups is 1. The van der Waals surface area contributed by atoms with Gasteiger partial charge in [-0.15, -0.1) is 0 Å². The minimum absolute atomic E-state index is 0.0697. The van der Waals surface area contributed by atoms with Crippen LogP contribution in [0.3, 0.4) is 0 Å². The van der Waals surface area contributed by atoms with Gasteiger partial charge in [0.2, 0.25) is 5.95 Å². The van der Waals surface area contributed by atoms with Crippen LogP contribution in [0, 0.1) is 11.3 Å². The number of aromatic hydroxyl groups is 1. The lowest BCUT2D eigenvalue weighted by atomic mass is 9.80. The van der Waals surface area contributed by atoms with Gasteiger partial charge < -0.3 is 26.0 Å². The zero-order chi connectivity index (χ0) is 28.4. The summed E-state index contributed by atoms with van der Waals surface area (Å²) in [7, 11) is 0. The number of nitrogens with zero attached hydrogens (tertiary/aromatic N) is 3. The number of nitrogens with one attached hydrogen (secondary N) is 3. The predicted molar refractivity (Wildman–Crippen MR) is 146 cm³/mol. The van der Waals surface area contributed by atoms with E-state index in [-0.39, 0.29) is 34.5 Å². The number of para-hydroxylation sites is 1. The van der Waals surface area contributed by atoms with E-state index in [1.165, 1.54) is 6.07 Å². The zero-order valence-electron chi connectivity index (χ0n) is 22.4. The lowest BCUT2D eigenvalue weighted by molar-refractivity contribution is -0.136. The maximum Gasteiger partial charge on any atom is 0.418 e. The molecule has 1 saturated heterocycles. The van der Waals surface area contributed by atoms with Gasteiger partial charge in [-0.3, -0.25) is 4.79 Å². The Labute approximate surface area is 225 Å². The largest absolute Gasteiger partial charge is 0.503 e. The minimum Gasteiger partial charge on any atom is -0.503 e. The van der Waals surface area contributed by atoms with E-state index in [0.717, 1.165) is 18.7 Å². The first-order valence-electron chi connectivity index (χ1n) is 12.8. The van der Waals surface area contributed by atoms with Gasteiger partial charge in [-0.2, -0.15) is 18.2 Å². The SMILES string of the molecule is CCNC(=O)c1ccccc1Nc1nc(Nc2ccc(N3CC[C@H](C(C)(C)C)C3)cc2C(F)(F)F)ncc1O. The fourth-order valence-corrected chi connectivity index (χ4v) is 4.60. The summed E-state index contributed by atoms with van der Waals surface area (Å²) >= 11 is 0. The number of rotatable bonds is 7. The van der Waals surface area contributed by atoms with E-state index < -0.39 is 11.7 Å². The second-order valence-corrected chi connectivity index (χ2v) is 10.6. The highest BCUT2D eigenvalue weighted by Crippen LogP contribution is 2.41. The lowest BCUT2D eigenvalue weighted by Crippen LogP contribution is -2.26. The number of hydrogen-bond donors (Lipinski definition) is 4. The molecule has 0 aliphatic carbocycles. The van der Waals surface area contributed by atoms with Gasteiger partial charge in [0.05, 0.1) is 28.7 Å². The highest BCUT2D eigenvalue weighted by molar-refractivity contribution is 6.00. The van der Waals surface area contributed by atoms with Crippen molar-refractivity contribution in [3.63, 3.8) is 0 Å². The average molecular weight is 543 g/mol. The number of anilines is 5. The van der Waals surface area contributed by atoms with Crippen LogP contribution in [0.4, 0.5) is 42.0 Å². The molecule has 0 saturated carbocycles. The third-order valence-corrected chi connectivity index (χ3v) is 6.86. The Bertz CT molecular complexity index is 1340. The molecule has 2 heterocycles. The topological polar surface area (TPSA) is 102 Å². The van der Waals surface area contributed by atoms with Crippen molar-refractivity contribution in [3.8, 4) is 5.75 Å². The molecule has 1 amide bonds. The van der Waals surface area contributed by atoms with E-state index in [9.17, 15) is 23.1 Å². The molecule has 4 rings (SSSR count).